The van der Waals surface area contributed by atoms with E-state index in [9.17, 15) is 9.59 Å². The topological polar surface area (TPSA) is 79.2 Å². The average Bonchev–Trinajstić information content (AvgIpc) is 2.49. The van der Waals surface area contributed by atoms with Crippen LogP contribution in [0.3, 0.4) is 0 Å². The maximum absolute atomic E-state index is 11.7. The third-order valence-electron chi connectivity index (χ3n) is 2.25. The van der Waals surface area contributed by atoms with E-state index in [2.05, 4.69) is 36.7 Å². The predicted molar refractivity (Wildman–Crippen MR) is 78.4 cm³/mol. The Morgan fingerprint density at radius 1 is 1.45 bits per heavy atom. The molecule has 5 nitrogen and oxygen atoms in total. The summed E-state index contributed by atoms with van der Waals surface area (Å²) in [6.45, 7) is 3.64. The van der Waals surface area contributed by atoms with Crippen LogP contribution >= 0.6 is 19.8 Å². The van der Waals surface area contributed by atoms with Crippen LogP contribution in [0.5, 0.6) is 0 Å². The summed E-state index contributed by atoms with van der Waals surface area (Å²) in [4.78, 5) is 22.7. The number of carbonyl (C=O) groups is 2. The summed E-state index contributed by atoms with van der Waals surface area (Å²) in [6, 6.07) is 7.59. The summed E-state index contributed by atoms with van der Waals surface area (Å²) in [5.41, 5.74) is 0.889. The number of ether oxygens (including phenoxy) is 1. The molecule has 1 rings (SSSR count). The summed E-state index contributed by atoms with van der Waals surface area (Å²) in [5.74, 6) is -0.779. The molecule has 0 saturated carbocycles. The molecule has 0 radical (unpaired) electrons. The molecule has 0 bridgehead atoms. The first-order chi connectivity index (χ1) is 9.56. The Kier molecular flexibility index (Phi) is 10.2. The molecule has 0 saturated heterocycles. The molecular formula is C13H13IN2O3Zn. The molecule has 7 heteroatoms. The van der Waals surface area contributed by atoms with Gasteiger partial charge in [0.25, 0.3) is 0 Å². The van der Waals surface area contributed by atoms with E-state index in [0.717, 1.165) is 0 Å². The Morgan fingerprint density at radius 3 is 2.45 bits per heavy atom. The van der Waals surface area contributed by atoms with E-state index < -0.39 is 12.0 Å². The van der Waals surface area contributed by atoms with Gasteiger partial charge in [0, 0.05) is 12.0 Å². The van der Waals surface area contributed by atoms with Crippen LogP contribution < -0.4 is 5.32 Å². The first-order valence-corrected chi connectivity index (χ1v) is 14.6. The van der Waals surface area contributed by atoms with Crippen molar-refractivity contribution in [3.63, 3.8) is 0 Å². The molecule has 0 aliphatic heterocycles. The monoisotopic (exact) mass is 436 g/mol. The van der Waals surface area contributed by atoms with Crippen molar-refractivity contribution < 1.29 is 29.1 Å². The van der Waals surface area contributed by atoms with Crippen molar-refractivity contribution in [2.24, 2.45) is 0 Å². The number of nitriles is 1. The van der Waals surface area contributed by atoms with Crippen LogP contribution in [0.25, 0.3) is 0 Å². The molecule has 0 spiro atoms. The second-order valence-corrected chi connectivity index (χ2v) is 3.64. The molecule has 0 aromatic heterocycles. The number of methoxy groups -OCH3 is 1. The van der Waals surface area contributed by atoms with Gasteiger partial charge in [-0.25, -0.2) is 0 Å². The number of amides is 1. The SMILES string of the molecule is [CH2-][C@H](CC(=O)OC)NC(=O)c1ccc(C#N)cc1.[Zn+][I]. The summed E-state index contributed by atoms with van der Waals surface area (Å²) < 4.78 is 4.47. The number of nitrogens with zero attached hydrogens (tertiary/aromatic N) is 1. The van der Waals surface area contributed by atoms with E-state index in [4.69, 9.17) is 5.26 Å². The van der Waals surface area contributed by atoms with Gasteiger partial charge in [-0.15, -0.1) is 0 Å². The number of hydrogen-bond acceptors (Lipinski definition) is 4. The average molecular weight is 438 g/mol. The van der Waals surface area contributed by atoms with Gasteiger partial charge in [0.2, 0.25) is 5.91 Å². The van der Waals surface area contributed by atoms with Crippen LogP contribution in [0.1, 0.15) is 22.3 Å². The first-order valence-electron chi connectivity index (χ1n) is 5.54. The van der Waals surface area contributed by atoms with Crippen LogP contribution in [-0.4, -0.2) is 25.0 Å². The second kappa shape index (κ2) is 10.8. The predicted octanol–water partition coefficient (Wildman–Crippen LogP) is 1.94. The third kappa shape index (κ3) is 6.97. The number of hydrogen-bond donors (Lipinski definition) is 1. The van der Waals surface area contributed by atoms with E-state index >= 15 is 0 Å². The van der Waals surface area contributed by atoms with E-state index in [0.29, 0.717) is 11.1 Å². The van der Waals surface area contributed by atoms with Gasteiger partial charge < -0.3 is 17.0 Å². The van der Waals surface area contributed by atoms with E-state index in [1.165, 1.54) is 21.9 Å². The van der Waals surface area contributed by atoms with Crippen LogP contribution in [-0.2, 0) is 24.3 Å². The molecule has 1 amide bonds. The molecule has 0 heterocycles. The van der Waals surface area contributed by atoms with Crippen molar-refractivity contribution >= 4 is 31.6 Å². The molecule has 0 aliphatic rings. The molecule has 0 fully saturated rings. The van der Waals surface area contributed by atoms with Gasteiger partial charge >= 0.3 is 40.5 Å². The molecule has 1 aromatic rings. The van der Waals surface area contributed by atoms with E-state index in [1.807, 2.05) is 6.07 Å². The zero-order chi connectivity index (χ0) is 15.5. The van der Waals surface area contributed by atoms with Crippen LogP contribution in [0, 0.1) is 18.3 Å². The number of halogens is 1. The molecule has 1 atom stereocenters. The van der Waals surface area contributed by atoms with Crippen molar-refractivity contribution in [3.8, 4) is 6.07 Å². The zero-order valence-corrected chi connectivity index (χ0v) is 16.2. The summed E-state index contributed by atoms with van der Waals surface area (Å²) in [6.07, 6.45) is 0.0124. The first kappa shape index (κ1) is 19.0. The number of benzene rings is 1. The van der Waals surface area contributed by atoms with E-state index in [-0.39, 0.29) is 12.3 Å². The fraction of sp³-hybridized carbons (Fsp3) is 0.231. The van der Waals surface area contributed by atoms with Crippen molar-refractivity contribution in [1.82, 2.24) is 5.32 Å². The minimum atomic E-state index is -0.555. The third-order valence-corrected chi connectivity index (χ3v) is 2.25. The van der Waals surface area contributed by atoms with Gasteiger partial charge in [0.15, 0.2) is 0 Å². The summed E-state index contributed by atoms with van der Waals surface area (Å²) in [7, 11) is 1.28. The second-order valence-electron chi connectivity index (χ2n) is 3.64. The Balaban J connectivity index is 0.00000172. The Morgan fingerprint density at radius 2 is 2.00 bits per heavy atom. The van der Waals surface area contributed by atoms with Gasteiger partial charge in [-0.2, -0.15) is 5.26 Å². The van der Waals surface area contributed by atoms with E-state index in [1.54, 1.807) is 24.3 Å². The van der Waals surface area contributed by atoms with Gasteiger partial charge in [-0.1, -0.05) is 6.04 Å². The Bertz CT molecular complexity index is 485. The quantitative estimate of drug-likeness (QED) is 0.338. The van der Waals surface area contributed by atoms with Crippen LogP contribution in [0.15, 0.2) is 24.3 Å². The number of nitrogens with one attached hydrogen (secondary N) is 1. The van der Waals surface area contributed by atoms with Crippen LogP contribution in [0.2, 0.25) is 0 Å². The van der Waals surface area contributed by atoms with Crippen molar-refractivity contribution in [3.05, 3.63) is 42.3 Å². The summed E-state index contributed by atoms with van der Waals surface area (Å²) in [5, 5.41) is 11.2. The molecule has 0 unspecified atom stereocenters. The standard InChI is InChI=1S/C13H13N2O3.HI.Zn/c1-9(7-12(16)18-2)15-13(17)11-5-3-10(8-14)4-6-11;;/h3-6,9H,1,7H2,2H3,(H,15,17);1H;/q-1;;+2/p-1/t9-;;/m1../s1. The molecule has 20 heavy (non-hydrogen) atoms. The van der Waals surface area contributed by atoms with Gasteiger partial charge in [-0.3, -0.25) is 9.59 Å². The number of rotatable bonds is 4. The number of carbonyl (C=O) groups excluding carboxylic acids is 2. The van der Waals surface area contributed by atoms with Gasteiger partial charge in [0.05, 0.1) is 18.7 Å². The van der Waals surface area contributed by atoms with Gasteiger partial charge in [-0.05, 0) is 24.3 Å². The van der Waals surface area contributed by atoms with Crippen LogP contribution in [0.4, 0.5) is 0 Å². The maximum atomic E-state index is 11.7. The Labute approximate surface area is 138 Å². The normalized spacial score (nSPS) is 10.4. The fourth-order valence-electron chi connectivity index (χ4n) is 1.30. The molecule has 0 aliphatic carbocycles. The molecular weight excluding hydrogens is 424 g/mol. The minimum absolute atomic E-state index is 0.0124. The number of esters is 1. The Hall–Kier alpha value is -0.997. The van der Waals surface area contributed by atoms with Crippen molar-refractivity contribution in [1.29, 1.82) is 5.26 Å². The van der Waals surface area contributed by atoms with Crippen molar-refractivity contribution in [2.45, 2.75) is 12.5 Å². The zero-order valence-electron chi connectivity index (χ0n) is 11.1. The molecule has 1 N–H and O–H groups in total. The molecule has 102 valence electrons. The van der Waals surface area contributed by atoms with Gasteiger partial charge in [0.1, 0.15) is 0 Å². The fourth-order valence-corrected chi connectivity index (χ4v) is 1.30. The summed E-state index contributed by atoms with van der Waals surface area (Å²) >= 11 is 3.62. The van der Waals surface area contributed by atoms with Crippen molar-refractivity contribution in [2.75, 3.05) is 7.11 Å². The molecule has 1 aromatic carbocycles.